The van der Waals surface area contributed by atoms with E-state index in [4.69, 9.17) is 21.1 Å². The van der Waals surface area contributed by atoms with Crippen LogP contribution in [0.5, 0.6) is 17.2 Å². The van der Waals surface area contributed by atoms with E-state index < -0.39 is 5.56 Å². The number of methoxy groups -OCH3 is 1. The molecule has 0 spiro atoms. The van der Waals surface area contributed by atoms with E-state index in [0.717, 1.165) is 5.56 Å². The molecule has 2 aromatic carbocycles. The number of nitrogens with zero attached hydrogens (tertiary/aromatic N) is 4. The maximum Gasteiger partial charge on any atom is 0.294 e. The van der Waals surface area contributed by atoms with Gasteiger partial charge in [0.1, 0.15) is 0 Å². The summed E-state index contributed by atoms with van der Waals surface area (Å²) in [5.74, 6) is 1.08. The fourth-order valence-electron chi connectivity index (χ4n) is 2.85. The summed E-state index contributed by atoms with van der Waals surface area (Å²) in [6.45, 7) is 1.95. The van der Waals surface area contributed by atoms with Gasteiger partial charge in [-0.2, -0.15) is 14.9 Å². The van der Waals surface area contributed by atoms with E-state index in [0.29, 0.717) is 33.7 Å². The maximum absolute atomic E-state index is 12.7. The zero-order chi connectivity index (χ0) is 23.4. The van der Waals surface area contributed by atoms with Crippen LogP contribution in [0.4, 0.5) is 0 Å². The molecular formula is C22H18ClN5O4S. The van der Waals surface area contributed by atoms with Crippen LogP contribution in [0.15, 0.2) is 63.7 Å². The number of aryl methyl sites for hydroxylation is 1. The van der Waals surface area contributed by atoms with E-state index in [1.807, 2.05) is 19.1 Å². The number of rotatable bonds is 6. The minimum absolute atomic E-state index is 0.100. The van der Waals surface area contributed by atoms with Crippen molar-refractivity contribution < 1.29 is 14.3 Å². The highest BCUT2D eigenvalue weighted by Crippen LogP contribution is 2.34. The molecule has 11 heteroatoms. The molecule has 0 saturated carbocycles. The van der Waals surface area contributed by atoms with Crippen LogP contribution in [0.3, 0.4) is 0 Å². The van der Waals surface area contributed by atoms with Crippen LogP contribution in [0.1, 0.15) is 11.1 Å². The average molecular weight is 484 g/mol. The van der Waals surface area contributed by atoms with Crippen molar-refractivity contribution in [2.24, 2.45) is 10.2 Å². The number of nitrogens with one attached hydrogen (secondary N) is 1. The first-order valence-corrected chi connectivity index (χ1v) is 11.1. The third-order valence-electron chi connectivity index (χ3n) is 4.51. The summed E-state index contributed by atoms with van der Waals surface area (Å²) in [6.07, 6.45) is 2.89. The Morgan fingerprint density at radius 2 is 1.94 bits per heavy atom. The summed E-state index contributed by atoms with van der Waals surface area (Å²) in [7, 11) is 1.49. The number of hydrogen-bond acceptors (Lipinski definition) is 8. The molecule has 9 nitrogen and oxygen atoms in total. The fourth-order valence-corrected chi connectivity index (χ4v) is 3.65. The largest absolute Gasteiger partial charge is 0.493 e. The Morgan fingerprint density at radius 1 is 1.15 bits per heavy atom. The quantitative estimate of drug-likeness (QED) is 0.424. The third kappa shape index (κ3) is 5.24. The monoisotopic (exact) mass is 483 g/mol. The van der Waals surface area contributed by atoms with Crippen LogP contribution in [-0.4, -0.2) is 39.9 Å². The van der Waals surface area contributed by atoms with Gasteiger partial charge in [-0.05, 0) is 42.8 Å². The van der Waals surface area contributed by atoms with Crippen molar-refractivity contribution >= 4 is 40.7 Å². The minimum Gasteiger partial charge on any atom is -0.493 e. The summed E-state index contributed by atoms with van der Waals surface area (Å²) < 4.78 is 12.4. The molecule has 1 N–H and O–H groups in total. The molecule has 0 radical (unpaired) electrons. The topological polar surface area (TPSA) is 107 Å². The molecule has 0 aliphatic carbocycles. The molecule has 1 aromatic heterocycles. The van der Waals surface area contributed by atoms with Crippen LogP contribution >= 0.6 is 23.4 Å². The molecule has 0 atom stereocenters. The van der Waals surface area contributed by atoms with Crippen molar-refractivity contribution in [3.63, 3.8) is 0 Å². The Balaban J connectivity index is 1.55. The molecule has 0 bridgehead atoms. The van der Waals surface area contributed by atoms with E-state index >= 15 is 0 Å². The molecule has 33 heavy (non-hydrogen) atoms. The number of carbonyl (C=O) groups is 1. The summed E-state index contributed by atoms with van der Waals surface area (Å²) >= 11 is 7.58. The molecule has 1 aliphatic rings. The van der Waals surface area contributed by atoms with Gasteiger partial charge in [-0.1, -0.05) is 41.1 Å². The number of ether oxygens (including phenoxy) is 2. The van der Waals surface area contributed by atoms with E-state index in [1.165, 1.54) is 36.0 Å². The molecule has 1 fully saturated rings. The Labute approximate surface area is 198 Å². The van der Waals surface area contributed by atoms with Gasteiger partial charge in [0.25, 0.3) is 5.56 Å². The second-order valence-corrected chi connectivity index (χ2v) is 8.22. The van der Waals surface area contributed by atoms with Crippen LogP contribution < -0.4 is 20.3 Å². The second-order valence-electron chi connectivity index (χ2n) is 6.87. The first kappa shape index (κ1) is 22.6. The van der Waals surface area contributed by atoms with Crippen LogP contribution in [0, 0.1) is 6.92 Å². The smallest absolute Gasteiger partial charge is 0.294 e. The lowest BCUT2D eigenvalue weighted by Gasteiger charge is -2.12. The lowest BCUT2D eigenvalue weighted by Crippen LogP contribution is -2.21. The number of thioether (sulfide) groups is 1. The number of carbonyl (C=O) groups excluding carboxylic acids is 1. The van der Waals surface area contributed by atoms with Gasteiger partial charge in [-0.25, -0.2) is 0 Å². The number of amides is 1. The van der Waals surface area contributed by atoms with Gasteiger partial charge in [0, 0.05) is 0 Å². The van der Waals surface area contributed by atoms with Gasteiger partial charge >= 0.3 is 0 Å². The highest BCUT2D eigenvalue weighted by atomic mass is 35.5. The number of halogens is 1. The SMILES string of the molecule is COc1cc(C=NN=C2NC(=O)CS2)ccc1Oc1cnn(-c2ccc(C)cc2)c(=O)c1Cl. The Morgan fingerprint density at radius 3 is 2.64 bits per heavy atom. The maximum atomic E-state index is 12.7. The molecule has 1 amide bonds. The number of aromatic nitrogens is 2. The summed E-state index contributed by atoms with van der Waals surface area (Å²) in [5.41, 5.74) is 1.85. The van der Waals surface area contributed by atoms with Crippen LogP contribution in [0.25, 0.3) is 5.69 Å². The first-order valence-electron chi connectivity index (χ1n) is 9.69. The molecule has 3 aromatic rings. The number of hydrogen-bond donors (Lipinski definition) is 1. The summed E-state index contributed by atoms with van der Waals surface area (Å²) in [6, 6.07) is 12.4. The minimum atomic E-state index is -0.503. The third-order valence-corrected chi connectivity index (χ3v) is 5.73. The number of benzene rings is 2. The Bertz CT molecular complexity index is 1320. The molecule has 168 valence electrons. The van der Waals surface area contributed by atoms with Crippen LogP contribution in [-0.2, 0) is 4.79 Å². The fraction of sp³-hybridized carbons (Fsp3) is 0.136. The molecule has 1 aliphatic heterocycles. The average Bonchev–Trinajstić information content (AvgIpc) is 3.23. The lowest BCUT2D eigenvalue weighted by atomic mass is 10.2. The van der Waals surface area contributed by atoms with Gasteiger partial charge in [0.05, 0.1) is 31.0 Å². The van der Waals surface area contributed by atoms with Gasteiger partial charge in [-0.15, -0.1) is 5.10 Å². The van der Waals surface area contributed by atoms with Crippen molar-refractivity contribution in [1.29, 1.82) is 0 Å². The lowest BCUT2D eigenvalue weighted by molar-refractivity contribution is -0.116. The van der Waals surface area contributed by atoms with E-state index in [-0.39, 0.29) is 16.7 Å². The Hall–Kier alpha value is -3.63. The van der Waals surface area contributed by atoms with Gasteiger partial charge in [0.15, 0.2) is 27.4 Å². The summed E-state index contributed by atoms with van der Waals surface area (Å²) in [5, 5.41) is 15.0. The zero-order valence-electron chi connectivity index (χ0n) is 17.6. The molecule has 1 saturated heterocycles. The number of amidine groups is 1. The normalized spacial score (nSPS) is 14.6. The molecule has 2 heterocycles. The highest BCUT2D eigenvalue weighted by molar-refractivity contribution is 8.15. The van der Waals surface area contributed by atoms with E-state index in [2.05, 4.69) is 20.6 Å². The summed E-state index contributed by atoms with van der Waals surface area (Å²) in [4.78, 5) is 23.9. The van der Waals surface area contributed by atoms with Crippen molar-refractivity contribution in [3.8, 4) is 22.9 Å². The van der Waals surface area contributed by atoms with Crippen molar-refractivity contribution in [2.45, 2.75) is 6.92 Å². The van der Waals surface area contributed by atoms with Gasteiger partial charge < -0.3 is 14.8 Å². The molecule has 0 unspecified atom stereocenters. The van der Waals surface area contributed by atoms with E-state index in [1.54, 1.807) is 30.3 Å². The second kappa shape index (κ2) is 9.88. The predicted octanol–water partition coefficient (Wildman–Crippen LogP) is 3.55. The predicted molar refractivity (Wildman–Crippen MR) is 128 cm³/mol. The van der Waals surface area contributed by atoms with Gasteiger partial charge in [-0.3, -0.25) is 9.59 Å². The zero-order valence-corrected chi connectivity index (χ0v) is 19.2. The van der Waals surface area contributed by atoms with Gasteiger partial charge in [0.2, 0.25) is 5.91 Å². The molecular weight excluding hydrogens is 466 g/mol. The van der Waals surface area contributed by atoms with Crippen molar-refractivity contribution in [3.05, 3.63) is 75.2 Å². The Kier molecular flexibility index (Phi) is 6.76. The van der Waals surface area contributed by atoms with E-state index in [9.17, 15) is 9.59 Å². The van der Waals surface area contributed by atoms with Crippen LogP contribution in [0.2, 0.25) is 5.02 Å². The molecule has 4 rings (SSSR count). The first-order chi connectivity index (χ1) is 15.9. The van der Waals surface area contributed by atoms with Crippen molar-refractivity contribution in [1.82, 2.24) is 15.1 Å². The standard InChI is InChI=1S/C22H18ClN5O4S/c1-13-3-6-15(7-4-13)28-21(30)20(23)18(11-25-28)32-16-8-5-14(9-17(16)31-2)10-24-27-22-26-19(29)12-33-22/h3-11H,12H2,1-2H3,(H,26,27,29). The van der Waals surface area contributed by atoms with Crippen molar-refractivity contribution in [2.75, 3.05) is 12.9 Å². The highest BCUT2D eigenvalue weighted by Gasteiger charge is 2.16.